The zero-order valence-corrected chi connectivity index (χ0v) is 9.48. The van der Waals surface area contributed by atoms with E-state index in [-0.39, 0.29) is 17.9 Å². The molecule has 0 spiro atoms. The second kappa shape index (κ2) is 7.80. The normalized spacial score (nSPS) is 10.5. The van der Waals surface area contributed by atoms with Crippen LogP contribution in [-0.4, -0.2) is 50.4 Å². The first-order valence-electron chi connectivity index (χ1n) is 3.84. The minimum atomic E-state index is 0. The highest BCUT2D eigenvalue weighted by atomic mass is 35.5. The molecule has 0 amide bonds. The van der Waals surface area contributed by atoms with Crippen molar-refractivity contribution in [2.75, 3.05) is 34.3 Å². The van der Waals surface area contributed by atoms with Gasteiger partial charge in [0, 0.05) is 0 Å². The summed E-state index contributed by atoms with van der Waals surface area (Å²) in [4.78, 5) is 0. The first kappa shape index (κ1) is 18.1. The lowest BCUT2D eigenvalue weighted by atomic mass is 10.5. The van der Waals surface area contributed by atoms with E-state index < -0.39 is 0 Å². The van der Waals surface area contributed by atoms with Crippen molar-refractivity contribution >= 4 is 0 Å². The number of hydrogen-bond acceptors (Lipinski definition) is 1. The van der Waals surface area contributed by atoms with Gasteiger partial charge in [0.25, 0.3) is 0 Å². The molecule has 4 heteroatoms. The molecule has 0 fully saturated rings. The van der Waals surface area contributed by atoms with Gasteiger partial charge in [-0.1, -0.05) is 0 Å². The van der Waals surface area contributed by atoms with Crippen LogP contribution < -0.4 is 12.4 Å². The Morgan fingerprint density at radius 3 is 1.83 bits per heavy atom. The third-order valence-electron chi connectivity index (χ3n) is 1.21. The van der Waals surface area contributed by atoms with Crippen molar-refractivity contribution in [2.45, 2.75) is 20.0 Å². The maximum atomic E-state index is 5.40. The predicted octanol–water partition coefficient (Wildman–Crippen LogP) is -2.70. The maximum Gasteiger partial charge on any atom is 0.102 e. The van der Waals surface area contributed by atoms with Gasteiger partial charge < -0.3 is 27.1 Å². The van der Waals surface area contributed by atoms with Crippen LogP contribution in [0.15, 0.2) is 0 Å². The molecule has 78 valence electrons. The largest absolute Gasteiger partial charge is 1.00 e. The molecule has 0 aliphatic heterocycles. The average Bonchev–Trinajstić information content (AvgIpc) is 1.59. The smallest absolute Gasteiger partial charge is 0.102 e. The van der Waals surface area contributed by atoms with E-state index in [1.54, 1.807) is 0 Å². The molecule has 0 atom stereocenters. The van der Waals surface area contributed by atoms with E-state index in [1.165, 1.54) is 0 Å². The molecule has 2 N–H and O–H groups in total. The monoisotopic (exact) mass is 199 g/mol. The number of nitrogens with zero attached hydrogens (tertiary/aromatic N) is 1. The van der Waals surface area contributed by atoms with Crippen molar-refractivity contribution in [3.63, 3.8) is 0 Å². The number of halogens is 1. The molecule has 0 unspecified atom stereocenters. The molecular formula is C8H22ClNO2. The van der Waals surface area contributed by atoms with Crippen LogP contribution in [0.3, 0.4) is 0 Å². The number of likely N-dealkylation sites (N-methyl/N-ethyl adjacent to an activating group) is 1. The fraction of sp³-hybridized carbons (Fsp3) is 1.00. The molecule has 0 aliphatic rings. The van der Waals surface area contributed by atoms with Gasteiger partial charge in [0.05, 0.1) is 33.9 Å². The highest BCUT2D eigenvalue weighted by molar-refractivity contribution is 4.35. The van der Waals surface area contributed by atoms with Crippen molar-refractivity contribution in [3.8, 4) is 0 Å². The van der Waals surface area contributed by atoms with Crippen LogP contribution in [0.2, 0.25) is 0 Å². The summed E-state index contributed by atoms with van der Waals surface area (Å²) < 4.78 is 6.38. The quantitative estimate of drug-likeness (QED) is 0.455. The van der Waals surface area contributed by atoms with Crippen molar-refractivity contribution in [1.29, 1.82) is 0 Å². The Balaban J connectivity index is -0.000000405. The fourth-order valence-corrected chi connectivity index (χ4v) is 0.562. The molecule has 12 heavy (non-hydrogen) atoms. The third kappa shape index (κ3) is 16.6. The number of ether oxygens (including phenoxy) is 1. The van der Waals surface area contributed by atoms with Gasteiger partial charge in [-0.3, -0.25) is 0 Å². The van der Waals surface area contributed by atoms with Gasteiger partial charge in [0.2, 0.25) is 0 Å². The minimum absolute atomic E-state index is 0. The Kier molecular flexibility index (Phi) is 11.7. The highest BCUT2D eigenvalue weighted by Crippen LogP contribution is 1.92. The second-order valence-corrected chi connectivity index (χ2v) is 3.93. The van der Waals surface area contributed by atoms with Crippen molar-refractivity contribution < 1.29 is 27.1 Å². The Morgan fingerprint density at radius 1 is 1.17 bits per heavy atom. The van der Waals surface area contributed by atoms with Gasteiger partial charge in [-0.2, -0.15) is 0 Å². The second-order valence-electron chi connectivity index (χ2n) is 3.93. The van der Waals surface area contributed by atoms with Crippen molar-refractivity contribution in [3.05, 3.63) is 0 Å². The number of rotatable bonds is 4. The molecule has 0 radical (unpaired) electrons. The molecular weight excluding hydrogens is 178 g/mol. The summed E-state index contributed by atoms with van der Waals surface area (Å²) in [5, 5.41) is 0. The van der Waals surface area contributed by atoms with Crippen molar-refractivity contribution in [2.24, 2.45) is 0 Å². The van der Waals surface area contributed by atoms with Gasteiger partial charge in [0.15, 0.2) is 0 Å². The maximum absolute atomic E-state index is 5.40. The van der Waals surface area contributed by atoms with Gasteiger partial charge in [-0.15, -0.1) is 0 Å². The Morgan fingerprint density at radius 2 is 1.58 bits per heavy atom. The summed E-state index contributed by atoms with van der Waals surface area (Å²) in [6.45, 7) is 6.07. The molecule has 3 nitrogen and oxygen atoms in total. The summed E-state index contributed by atoms with van der Waals surface area (Å²) in [6, 6.07) is 0. The number of quaternary nitrogens is 1. The topological polar surface area (TPSA) is 40.7 Å². The van der Waals surface area contributed by atoms with E-state index in [9.17, 15) is 0 Å². The van der Waals surface area contributed by atoms with Crippen LogP contribution in [0.4, 0.5) is 0 Å². The Bertz CT molecular complexity index is 91.5. The van der Waals surface area contributed by atoms with Crippen LogP contribution >= 0.6 is 0 Å². The third-order valence-corrected chi connectivity index (χ3v) is 1.21. The van der Waals surface area contributed by atoms with Crippen LogP contribution in [0, 0.1) is 0 Å². The van der Waals surface area contributed by atoms with Gasteiger partial charge >= 0.3 is 0 Å². The molecule has 0 aliphatic carbocycles. The standard InChI is InChI=1S/C8H20NO.ClH.H2O/c1-8(2)10-7-6-9(3,4)5;;/h8H,6-7H2,1-5H3;1H;1H2/q+1;;/p-1. The molecule has 0 aromatic heterocycles. The lowest BCUT2D eigenvalue weighted by molar-refractivity contribution is -0.870. The van der Waals surface area contributed by atoms with E-state index in [2.05, 4.69) is 35.0 Å². The summed E-state index contributed by atoms with van der Waals surface area (Å²) in [5.74, 6) is 0. The summed E-state index contributed by atoms with van der Waals surface area (Å²) in [7, 11) is 6.51. The van der Waals surface area contributed by atoms with E-state index in [0.29, 0.717) is 6.10 Å². The van der Waals surface area contributed by atoms with Crippen LogP contribution in [0.5, 0.6) is 0 Å². The van der Waals surface area contributed by atoms with E-state index in [4.69, 9.17) is 4.74 Å². The van der Waals surface area contributed by atoms with Gasteiger partial charge in [0.1, 0.15) is 6.54 Å². The first-order chi connectivity index (χ1) is 4.42. The summed E-state index contributed by atoms with van der Waals surface area (Å²) in [6.07, 6.45) is 0.367. The molecule has 0 aromatic carbocycles. The van der Waals surface area contributed by atoms with Gasteiger partial charge in [-0.25, -0.2) is 0 Å². The molecule has 0 heterocycles. The predicted molar refractivity (Wildman–Crippen MR) is 47.6 cm³/mol. The van der Waals surface area contributed by atoms with E-state index in [0.717, 1.165) is 17.6 Å². The van der Waals surface area contributed by atoms with E-state index in [1.807, 2.05) is 0 Å². The molecule has 0 bridgehead atoms. The zero-order valence-electron chi connectivity index (χ0n) is 8.72. The van der Waals surface area contributed by atoms with Crippen LogP contribution in [0.1, 0.15) is 13.8 Å². The van der Waals surface area contributed by atoms with Gasteiger partial charge in [-0.05, 0) is 13.8 Å². The minimum Gasteiger partial charge on any atom is -1.00 e. The van der Waals surface area contributed by atoms with Crippen LogP contribution in [-0.2, 0) is 4.74 Å². The lowest BCUT2D eigenvalue weighted by Gasteiger charge is -2.24. The zero-order chi connectivity index (χ0) is 8.20. The molecule has 0 rings (SSSR count). The highest BCUT2D eigenvalue weighted by Gasteiger charge is 2.05. The lowest BCUT2D eigenvalue weighted by Crippen LogP contribution is -3.00. The van der Waals surface area contributed by atoms with Crippen LogP contribution in [0.25, 0.3) is 0 Å². The van der Waals surface area contributed by atoms with Crippen molar-refractivity contribution in [1.82, 2.24) is 0 Å². The molecule has 0 aromatic rings. The summed E-state index contributed by atoms with van der Waals surface area (Å²) in [5.41, 5.74) is 0. The Hall–Kier alpha value is 0.170. The average molecular weight is 200 g/mol. The number of hydrogen-bond donors (Lipinski definition) is 0. The molecule has 0 saturated heterocycles. The Labute approximate surface area is 82.0 Å². The van der Waals surface area contributed by atoms with E-state index >= 15 is 0 Å². The summed E-state index contributed by atoms with van der Waals surface area (Å²) >= 11 is 0. The molecule has 0 saturated carbocycles. The fourth-order valence-electron chi connectivity index (χ4n) is 0.562. The SMILES string of the molecule is CC(C)OCC[N+](C)(C)C.O.[Cl-]. The first-order valence-corrected chi connectivity index (χ1v) is 3.84.